The van der Waals surface area contributed by atoms with Gasteiger partial charge in [-0.2, -0.15) is 0 Å². The molecule has 0 saturated carbocycles. The van der Waals surface area contributed by atoms with E-state index in [9.17, 15) is 19.5 Å². The number of esters is 1. The Labute approximate surface area is 196 Å². The maximum Gasteiger partial charge on any atom is 0.338 e. The van der Waals surface area contributed by atoms with Crippen LogP contribution in [0, 0.1) is 0 Å². The van der Waals surface area contributed by atoms with Crippen molar-refractivity contribution >= 4 is 23.3 Å². The van der Waals surface area contributed by atoms with Crippen molar-refractivity contribution in [3.63, 3.8) is 0 Å². The Morgan fingerprint density at radius 2 is 1.59 bits per heavy atom. The normalized spacial score (nSPS) is 15.4. The molecule has 7 nitrogen and oxygen atoms in total. The van der Waals surface area contributed by atoms with Crippen LogP contribution in [0.1, 0.15) is 39.2 Å². The third-order valence-electron chi connectivity index (χ3n) is 5.58. The van der Waals surface area contributed by atoms with Crippen molar-refractivity contribution in [1.29, 1.82) is 0 Å². The van der Waals surface area contributed by atoms with Crippen LogP contribution in [0.15, 0.2) is 90.2 Å². The first-order chi connectivity index (χ1) is 16.5. The molecule has 0 saturated heterocycles. The second kappa shape index (κ2) is 9.62. The van der Waals surface area contributed by atoms with E-state index in [-0.39, 0.29) is 17.7 Å². The van der Waals surface area contributed by atoms with E-state index in [0.717, 1.165) is 0 Å². The summed E-state index contributed by atoms with van der Waals surface area (Å²) >= 11 is 0. The molecule has 0 fully saturated rings. The molecule has 0 radical (unpaired) electrons. The first-order valence-corrected chi connectivity index (χ1v) is 10.7. The third kappa shape index (κ3) is 4.03. The van der Waals surface area contributed by atoms with Gasteiger partial charge in [0.2, 0.25) is 0 Å². The number of ether oxygens (including phenoxy) is 2. The molecule has 0 aliphatic carbocycles. The molecule has 1 N–H and O–H groups in total. The van der Waals surface area contributed by atoms with Crippen molar-refractivity contribution in [3.8, 4) is 5.75 Å². The zero-order valence-electron chi connectivity index (χ0n) is 18.7. The topological polar surface area (TPSA) is 93.1 Å². The summed E-state index contributed by atoms with van der Waals surface area (Å²) < 4.78 is 10.3. The monoisotopic (exact) mass is 457 g/mol. The number of amides is 1. The van der Waals surface area contributed by atoms with Gasteiger partial charge in [-0.3, -0.25) is 14.5 Å². The van der Waals surface area contributed by atoms with Crippen LogP contribution in [0.25, 0.3) is 0 Å². The van der Waals surface area contributed by atoms with Gasteiger partial charge in [0, 0.05) is 5.69 Å². The molecule has 34 heavy (non-hydrogen) atoms. The Kier molecular flexibility index (Phi) is 6.45. The summed E-state index contributed by atoms with van der Waals surface area (Å²) in [6, 6.07) is 21.0. The summed E-state index contributed by atoms with van der Waals surface area (Å²) in [6.07, 6.45) is 0. The molecule has 0 bridgehead atoms. The van der Waals surface area contributed by atoms with Crippen molar-refractivity contribution in [2.45, 2.75) is 13.0 Å². The van der Waals surface area contributed by atoms with Crippen LogP contribution in [0.3, 0.4) is 0 Å². The summed E-state index contributed by atoms with van der Waals surface area (Å²) in [6.45, 7) is 1.96. The number of Topliss-reactive ketones (excluding diaryl/α,β-unsaturated/α-hetero) is 1. The molecule has 0 spiro atoms. The highest BCUT2D eigenvalue weighted by Gasteiger charge is 2.45. The molecular formula is C27H23NO6. The standard InChI is InChI=1S/C27H23NO6/c1-3-34-27(32)18-13-15-19(16-14-18)28-23(17-9-5-4-6-10-17)22(25(30)26(28)31)24(29)20-11-7-8-12-21(20)33-2/h4-16,23,30H,3H2,1-2H3. The molecule has 1 atom stereocenters. The van der Waals surface area contributed by atoms with Crippen LogP contribution in [-0.2, 0) is 9.53 Å². The molecule has 7 heteroatoms. The van der Waals surface area contributed by atoms with Gasteiger partial charge < -0.3 is 14.6 Å². The highest BCUT2D eigenvalue weighted by atomic mass is 16.5. The van der Waals surface area contributed by atoms with Crippen LogP contribution in [-0.4, -0.2) is 36.5 Å². The van der Waals surface area contributed by atoms with Gasteiger partial charge in [-0.1, -0.05) is 42.5 Å². The van der Waals surface area contributed by atoms with Crippen molar-refractivity contribution in [2.24, 2.45) is 0 Å². The van der Waals surface area contributed by atoms with Crippen LogP contribution in [0.5, 0.6) is 5.75 Å². The Balaban J connectivity index is 1.81. The molecule has 1 heterocycles. The number of aliphatic hydroxyl groups is 1. The summed E-state index contributed by atoms with van der Waals surface area (Å²) in [4.78, 5) is 40.3. The lowest BCUT2D eigenvalue weighted by Gasteiger charge is -2.27. The molecule has 1 unspecified atom stereocenters. The van der Waals surface area contributed by atoms with Gasteiger partial charge in [-0.25, -0.2) is 4.79 Å². The average Bonchev–Trinajstić information content (AvgIpc) is 3.14. The Hall–Kier alpha value is -4.39. The minimum Gasteiger partial charge on any atom is -0.503 e. The van der Waals surface area contributed by atoms with E-state index in [1.165, 1.54) is 12.0 Å². The number of hydrogen-bond donors (Lipinski definition) is 1. The number of nitrogens with zero attached hydrogens (tertiary/aromatic N) is 1. The minimum atomic E-state index is -0.875. The second-order valence-corrected chi connectivity index (χ2v) is 7.55. The maximum atomic E-state index is 13.6. The minimum absolute atomic E-state index is 0.0461. The molecular weight excluding hydrogens is 434 g/mol. The highest BCUT2D eigenvalue weighted by Crippen LogP contribution is 2.42. The number of anilines is 1. The van der Waals surface area contributed by atoms with E-state index >= 15 is 0 Å². The highest BCUT2D eigenvalue weighted by molar-refractivity contribution is 6.21. The molecule has 3 aromatic rings. The van der Waals surface area contributed by atoms with Gasteiger partial charge in [-0.05, 0) is 48.9 Å². The van der Waals surface area contributed by atoms with Crippen LogP contribution < -0.4 is 9.64 Å². The number of aliphatic hydroxyl groups excluding tert-OH is 1. The largest absolute Gasteiger partial charge is 0.503 e. The third-order valence-corrected chi connectivity index (χ3v) is 5.58. The Morgan fingerprint density at radius 1 is 0.941 bits per heavy atom. The van der Waals surface area contributed by atoms with E-state index in [1.54, 1.807) is 79.7 Å². The number of hydrogen-bond acceptors (Lipinski definition) is 6. The van der Waals surface area contributed by atoms with Gasteiger partial charge in [0.15, 0.2) is 11.5 Å². The van der Waals surface area contributed by atoms with Gasteiger partial charge in [0.1, 0.15) is 5.75 Å². The number of rotatable bonds is 7. The van der Waals surface area contributed by atoms with Gasteiger partial charge in [-0.15, -0.1) is 0 Å². The summed E-state index contributed by atoms with van der Waals surface area (Å²) in [7, 11) is 1.45. The zero-order chi connectivity index (χ0) is 24.2. The SMILES string of the molecule is CCOC(=O)c1ccc(N2C(=O)C(O)=C(C(=O)c3ccccc3OC)C2c2ccccc2)cc1. The lowest BCUT2D eigenvalue weighted by atomic mass is 9.92. The van der Waals surface area contributed by atoms with E-state index in [1.807, 2.05) is 6.07 Å². The first kappa shape index (κ1) is 22.8. The zero-order valence-corrected chi connectivity index (χ0v) is 18.7. The van der Waals surface area contributed by atoms with Gasteiger partial charge in [0.05, 0.1) is 36.5 Å². The predicted molar refractivity (Wildman–Crippen MR) is 126 cm³/mol. The number of carbonyl (C=O) groups is 3. The molecule has 1 aliphatic heterocycles. The smallest absolute Gasteiger partial charge is 0.338 e. The van der Waals surface area contributed by atoms with Crippen molar-refractivity contribution < 1.29 is 29.0 Å². The molecule has 172 valence electrons. The molecule has 4 rings (SSSR count). The Morgan fingerprint density at radius 3 is 2.24 bits per heavy atom. The lowest BCUT2D eigenvalue weighted by Crippen LogP contribution is -2.31. The second-order valence-electron chi connectivity index (χ2n) is 7.55. The molecule has 1 aliphatic rings. The number of carbonyl (C=O) groups excluding carboxylic acids is 3. The average molecular weight is 457 g/mol. The van der Waals surface area contributed by atoms with Gasteiger partial charge in [0.25, 0.3) is 5.91 Å². The maximum absolute atomic E-state index is 13.6. The van der Waals surface area contributed by atoms with E-state index in [0.29, 0.717) is 22.6 Å². The molecule has 3 aromatic carbocycles. The predicted octanol–water partition coefficient (Wildman–Crippen LogP) is 4.65. The fourth-order valence-corrected chi connectivity index (χ4v) is 4.00. The van der Waals surface area contributed by atoms with E-state index in [2.05, 4.69) is 0 Å². The number of para-hydroxylation sites is 1. The number of methoxy groups -OCH3 is 1. The summed E-state index contributed by atoms with van der Waals surface area (Å²) in [5.41, 5.74) is 1.58. The number of benzene rings is 3. The van der Waals surface area contributed by atoms with Crippen molar-refractivity contribution in [1.82, 2.24) is 0 Å². The number of ketones is 1. The Bertz CT molecular complexity index is 1260. The van der Waals surface area contributed by atoms with Crippen molar-refractivity contribution in [3.05, 3.63) is 107 Å². The first-order valence-electron chi connectivity index (χ1n) is 10.7. The summed E-state index contributed by atoms with van der Waals surface area (Å²) in [5.74, 6) is -1.99. The van der Waals surface area contributed by atoms with E-state index < -0.39 is 29.5 Å². The fraction of sp³-hybridized carbons (Fsp3) is 0.148. The fourth-order valence-electron chi connectivity index (χ4n) is 4.00. The summed E-state index contributed by atoms with van der Waals surface area (Å²) in [5, 5.41) is 10.9. The molecule has 0 aromatic heterocycles. The lowest BCUT2D eigenvalue weighted by molar-refractivity contribution is -0.117. The van der Waals surface area contributed by atoms with Crippen LogP contribution in [0.2, 0.25) is 0 Å². The molecule has 1 amide bonds. The van der Waals surface area contributed by atoms with Crippen molar-refractivity contribution in [2.75, 3.05) is 18.6 Å². The quantitative estimate of drug-likeness (QED) is 0.410. The van der Waals surface area contributed by atoms with E-state index in [4.69, 9.17) is 9.47 Å². The van der Waals surface area contributed by atoms with Crippen LogP contribution >= 0.6 is 0 Å². The van der Waals surface area contributed by atoms with Crippen LogP contribution in [0.4, 0.5) is 5.69 Å². The van der Waals surface area contributed by atoms with Gasteiger partial charge >= 0.3 is 5.97 Å².